The van der Waals surface area contributed by atoms with E-state index in [1.807, 2.05) is 29.8 Å². The Labute approximate surface area is 219 Å². The van der Waals surface area contributed by atoms with Gasteiger partial charge in [0.25, 0.3) is 0 Å². The summed E-state index contributed by atoms with van der Waals surface area (Å²) in [7, 11) is -3.62. The molecule has 0 bridgehead atoms. The molecule has 0 saturated carbocycles. The van der Waals surface area contributed by atoms with Gasteiger partial charge in [0, 0.05) is 42.7 Å². The lowest BCUT2D eigenvalue weighted by Crippen LogP contribution is -2.32. The van der Waals surface area contributed by atoms with E-state index in [0.29, 0.717) is 25.7 Å². The molecule has 4 aromatic rings. The lowest BCUT2D eigenvalue weighted by Gasteiger charge is -2.22. The first-order valence-corrected chi connectivity index (χ1v) is 13.8. The third-order valence-corrected chi connectivity index (χ3v) is 8.01. The Bertz CT molecular complexity index is 1540. The predicted molar refractivity (Wildman–Crippen MR) is 137 cm³/mol. The number of aliphatic carboxylic acids is 1. The monoisotopic (exact) mass is 568 g/mol. The molecule has 1 saturated heterocycles. The Morgan fingerprint density at radius 3 is 2.53 bits per heavy atom. The van der Waals surface area contributed by atoms with E-state index in [1.165, 1.54) is 0 Å². The molecule has 14 heteroatoms. The fourth-order valence-electron chi connectivity index (χ4n) is 3.75. The van der Waals surface area contributed by atoms with Crippen LogP contribution in [0.15, 0.2) is 59.1 Å². The number of rotatable bonds is 6. The molecule has 3 N–H and O–H groups in total. The predicted octanol–water partition coefficient (Wildman–Crippen LogP) is 4.93. The van der Waals surface area contributed by atoms with E-state index in [4.69, 9.17) is 14.6 Å². The van der Waals surface area contributed by atoms with E-state index in [9.17, 15) is 21.6 Å². The first-order chi connectivity index (χ1) is 18.0. The first kappa shape index (κ1) is 27.7. The summed E-state index contributed by atoms with van der Waals surface area (Å²) in [6.07, 6.45) is -1.62. The summed E-state index contributed by atoms with van der Waals surface area (Å²) in [4.78, 5) is 17.9. The van der Waals surface area contributed by atoms with Crippen molar-refractivity contribution in [2.45, 2.75) is 23.9 Å². The highest BCUT2D eigenvalue weighted by Crippen LogP contribution is 2.29. The number of halogens is 3. The minimum atomic E-state index is -5.08. The number of benzene rings is 2. The van der Waals surface area contributed by atoms with Crippen molar-refractivity contribution in [1.29, 1.82) is 0 Å². The van der Waals surface area contributed by atoms with Crippen molar-refractivity contribution >= 4 is 59.8 Å². The molecule has 1 fully saturated rings. The quantitative estimate of drug-likeness (QED) is 0.299. The van der Waals surface area contributed by atoms with Gasteiger partial charge in [0.15, 0.2) is 0 Å². The lowest BCUT2D eigenvalue weighted by atomic mass is 10.0. The number of aromatic nitrogens is 2. The molecule has 1 aliphatic rings. The molecular formula is C24H23F3N4O5S2. The van der Waals surface area contributed by atoms with Crippen molar-refractivity contribution in [3.63, 3.8) is 0 Å². The van der Waals surface area contributed by atoms with Crippen LogP contribution in [-0.4, -0.2) is 55.4 Å². The molecule has 38 heavy (non-hydrogen) atoms. The first-order valence-electron chi connectivity index (χ1n) is 11.4. The van der Waals surface area contributed by atoms with Gasteiger partial charge in [-0.1, -0.05) is 0 Å². The topological polar surface area (TPSA) is 131 Å². The highest BCUT2D eigenvalue weighted by atomic mass is 32.2. The molecule has 5 rings (SSSR count). The van der Waals surface area contributed by atoms with Gasteiger partial charge in [0.1, 0.15) is 0 Å². The van der Waals surface area contributed by atoms with Crippen molar-refractivity contribution in [3.8, 4) is 0 Å². The molecular weight excluding hydrogens is 545 g/mol. The Morgan fingerprint density at radius 1 is 1.08 bits per heavy atom. The van der Waals surface area contributed by atoms with Crippen molar-refractivity contribution < 1.29 is 36.2 Å². The molecule has 0 unspecified atom stereocenters. The number of anilines is 2. The van der Waals surface area contributed by atoms with E-state index in [-0.39, 0.29) is 4.90 Å². The molecule has 0 radical (unpaired) electrons. The zero-order chi connectivity index (χ0) is 27.3. The molecule has 0 amide bonds. The number of carboxylic acids is 1. The number of carbonyl (C=O) groups is 1. The normalized spacial score (nSPS) is 14.7. The summed E-state index contributed by atoms with van der Waals surface area (Å²) in [6, 6.07) is 12.9. The number of sulfonamides is 1. The van der Waals surface area contributed by atoms with Crippen molar-refractivity contribution in [2.24, 2.45) is 5.92 Å². The number of thiazole rings is 1. The van der Waals surface area contributed by atoms with Crippen LogP contribution < -0.4 is 10.0 Å². The number of pyridine rings is 1. The number of nitrogens with zero attached hydrogens (tertiary/aromatic N) is 2. The number of nitrogens with one attached hydrogen (secondary N) is 2. The van der Waals surface area contributed by atoms with Gasteiger partial charge >= 0.3 is 12.1 Å². The van der Waals surface area contributed by atoms with E-state index < -0.39 is 22.2 Å². The van der Waals surface area contributed by atoms with Crippen LogP contribution in [-0.2, 0) is 19.6 Å². The van der Waals surface area contributed by atoms with Gasteiger partial charge in [-0.25, -0.2) is 22.9 Å². The van der Waals surface area contributed by atoms with Gasteiger partial charge in [-0.15, -0.1) is 11.3 Å². The summed E-state index contributed by atoms with van der Waals surface area (Å²) < 4.78 is 66.8. The molecule has 1 aliphatic heterocycles. The number of hydrogen-bond donors (Lipinski definition) is 3. The fraction of sp³-hybridized carbons (Fsp3) is 0.292. The van der Waals surface area contributed by atoms with Crippen LogP contribution in [0.2, 0.25) is 0 Å². The van der Waals surface area contributed by atoms with Crippen molar-refractivity contribution in [3.05, 3.63) is 54.2 Å². The van der Waals surface area contributed by atoms with Gasteiger partial charge in [-0.2, -0.15) is 13.2 Å². The largest absolute Gasteiger partial charge is 0.490 e. The van der Waals surface area contributed by atoms with Gasteiger partial charge < -0.3 is 15.2 Å². The number of fused-ring (bicyclic) bond motifs is 2. The summed E-state index contributed by atoms with van der Waals surface area (Å²) in [5.74, 6) is -2.45. The third kappa shape index (κ3) is 6.95. The summed E-state index contributed by atoms with van der Waals surface area (Å²) in [5, 5.41) is 11.3. The number of alkyl halides is 3. The lowest BCUT2D eigenvalue weighted by molar-refractivity contribution is -0.192. The van der Waals surface area contributed by atoms with Gasteiger partial charge in [-0.05, 0) is 61.2 Å². The number of ether oxygens (including phenoxy) is 1. The second-order valence-electron chi connectivity index (χ2n) is 8.41. The molecule has 0 atom stereocenters. The average Bonchev–Trinajstić information content (AvgIpc) is 3.36. The minimum Gasteiger partial charge on any atom is -0.475 e. The second kappa shape index (κ2) is 11.6. The maximum atomic E-state index is 12.9. The smallest absolute Gasteiger partial charge is 0.475 e. The van der Waals surface area contributed by atoms with E-state index in [1.54, 1.807) is 35.7 Å². The SMILES string of the molecule is O=C(O)C(F)(F)F.O=S(=O)(NCC1CCOCC1)c1ccc2nccc(Nc3ccc4scnc4c3)c2c1. The van der Waals surface area contributed by atoms with Crippen LogP contribution in [0.25, 0.3) is 21.1 Å². The van der Waals surface area contributed by atoms with E-state index >= 15 is 0 Å². The average molecular weight is 569 g/mol. The van der Waals surface area contributed by atoms with Crippen LogP contribution in [0.4, 0.5) is 24.5 Å². The Kier molecular flexibility index (Phi) is 8.45. The van der Waals surface area contributed by atoms with Crippen LogP contribution in [0.3, 0.4) is 0 Å². The summed E-state index contributed by atoms with van der Waals surface area (Å²) >= 11 is 1.59. The van der Waals surface area contributed by atoms with Crippen LogP contribution in [0.5, 0.6) is 0 Å². The van der Waals surface area contributed by atoms with E-state index in [0.717, 1.165) is 45.3 Å². The number of hydrogen-bond acceptors (Lipinski definition) is 8. The Balaban J connectivity index is 0.000000426. The summed E-state index contributed by atoms with van der Waals surface area (Å²) in [5.41, 5.74) is 5.15. The number of carboxylic acid groups (broad SMARTS) is 1. The molecule has 0 spiro atoms. The van der Waals surface area contributed by atoms with Crippen LogP contribution in [0, 0.1) is 5.92 Å². The maximum Gasteiger partial charge on any atom is 0.490 e. The highest BCUT2D eigenvalue weighted by Gasteiger charge is 2.38. The molecule has 3 heterocycles. The maximum absolute atomic E-state index is 12.9. The standard InChI is InChI=1S/C22H22N4O3S2.C2HF3O2/c27-31(28,25-13-15-6-9-29-10-7-15)17-2-3-19-18(12-17)20(5-8-23-19)26-16-1-4-22-21(11-16)24-14-30-22;3-2(4,5)1(6)7/h1-5,8,11-12,14-15,25H,6-7,9-10,13H2,(H,23,26);(H,6,7). The second-order valence-corrected chi connectivity index (χ2v) is 11.1. The van der Waals surface area contributed by atoms with Gasteiger partial charge in [-0.3, -0.25) is 4.98 Å². The van der Waals surface area contributed by atoms with Gasteiger partial charge in [0.05, 0.1) is 26.1 Å². The highest BCUT2D eigenvalue weighted by molar-refractivity contribution is 7.89. The van der Waals surface area contributed by atoms with Crippen LogP contribution in [0.1, 0.15) is 12.8 Å². The summed E-state index contributed by atoms with van der Waals surface area (Å²) in [6.45, 7) is 1.81. The zero-order valence-corrected chi connectivity index (χ0v) is 21.4. The zero-order valence-electron chi connectivity index (χ0n) is 19.7. The molecule has 2 aromatic carbocycles. The fourth-order valence-corrected chi connectivity index (χ4v) is 5.55. The van der Waals surface area contributed by atoms with Crippen LogP contribution >= 0.6 is 11.3 Å². The molecule has 202 valence electrons. The van der Waals surface area contributed by atoms with Crippen molar-refractivity contribution in [2.75, 3.05) is 25.1 Å². The van der Waals surface area contributed by atoms with Gasteiger partial charge in [0.2, 0.25) is 10.0 Å². The third-order valence-electron chi connectivity index (χ3n) is 5.78. The van der Waals surface area contributed by atoms with E-state index in [2.05, 4.69) is 20.0 Å². The molecule has 9 nitrogen and oxygen atoms in total. The Hall–Kier alpha value is -3.33. The minimum absolute atomic E-state index is 0.234. The Morgan fingerprint density at radius 2 is 1.82 bits per heavy atom. The molecule has 0 aliphatic carbocycles. The molecule has 2 aromatic heterocycles. The van der Waals surface area contributed by atoms with Crippen molar-refractivity contribution in [1.82, 2.24) is 14.7 Å².